The van der Waals surface area contributed by atoms with Crippen LogP contribution in [0.4, 0.5) is 0 Å². The first-order valence-corrected chi connectivity index (χ1v) is 9.08. The van der Waals surface area contributed by atoms with E-state index >= 15 is 0 Å². The van der Waals surface area contributed by atoms with Crippen molar-refractivity contribution in [2.24, 2.45) is 5.92 Å². The fourth-order valence-electron chi connectivity index (χ4n) is 1.89. The van der Waals surface area contributed by atoms with Crippen molar-refractivity contribution in [3.63, 3.8) is 0 Å². The number of allylic oxidation sites excluding steroid dienone is 1. The zero-order valence-corrected chi connectivity index (χ0v) is 11.5. The van der Waals surface area contributed by atoms with Gasteiger partial charge in [0.05, 0.1) is 6.26 Å². The Labute approximate surface area is 98.4 Å². The Morgan fingerprint density at radius 3 is 2.50 bits per heavy atom. The number of rotatable bonds is 5. The molecule has 0 N–H and O–H groups in total. The molecule has 1 aromatic heterocycles. The molecule has 0 saturated carbocycles. The second kappa shape index (κ2) is 4.83. The maximum atomic E-state index is 12.2. The van der Waals surface area contributed by atoms with Crippen molar-refractivity contribution in [1.29, 1.82) is 0 Å². The second-order valence-corrected chi connectivity index (χ2v) is 10.2. The van der Waals surface area contributed by atoms with Crippen molar-refractivity contribution in [1.82, 2.24) is 0 Å². The van der Waals surface area contributed by atoms with Gasteiger partial charge in [0.15, 0.2) is 0 Å². The molecule has 2 nitrogen and oxygen atoms in total. The molecule has 0 aromatic carbocycles. The van der Waals surface area contributed by atoms with Gasteiger partial charge < -0.3 is 9.21 Å². The van der Waals surface area contributed by atoms with Gasteiger partial charge in [0.2, 0.25) is 0 Å². The number of carbonyl (C=O) groups excluding carboxylic acids is 1. The first kappa shape index (κ1) is 13.0. The van der Waals surface area contributed by atoms with Crippen LogP contribution in [0.2, 0.25) is 19.6 Å². The van der Waals surface area contributed by atoms with E-state index in [-0.39, 0.29) is 11.8 Å². The Balaban J connectivity index is 2.91. The number of furan rings is 1. The van der Waals surface area contributed by atoms with Crippen LogP contribution in [0.1, 0.15) is 18.6 Å². The number of carbonyl (C=O) groups is 1. The van der Waals surface area contributed by atoms with Crippen LogP contribution in [0.15, 0.2) is 35.5 Å². The average Bonchev–Trinajstić information content (AvgIpc) is 2.69. The summed E-state index contributed by atoms with van der Waals surface area (Å²) in [7, 11) is -1.74. The summed E-state index contributed by atoms with van der Waals surface area (Å²) in [5.41, 5.74) is 0. The van der Waals surface area contributed by atoms with Crippen molar-refractivity contribution >= 4 is 13.5 Å². The van der Waals surface area contributed by atoms with Crippen LogP contribution in [0, 0.1) is 5.92 Å². The summed E-state index contributed by atoms with van der Waals surface area (Å²) in [5, 5.41) is 0.369. The van der Waals surface area contributed by atoms with E-state index < -0.39 is 8.07 Å². The molecule has 0 unspecified atom stereocenters. The van der Waals surface area contributed by atoms with Crippen LogP contribution in [0.25, 0.3) is 0 Å². The first-order chi connectivity index (χ1) is 7.38. The van der Waals surface area contributed by atoms with Gasteiger partial charge in [0, 0.05) is 11.8 Å². The molecule has 0 saturated heterocycles. The van der Waals surface area contributed by atoms with E-state index in [0.29, 0.717) is 5.41 Å². The molecule has 0 bridgehead atoms. The van der Waals surface area contributed by atoms with Crippen LogP contribution in [0.5, 0.6) is 0 Å². The van der Waals surface area contributed by atoms with Gasteiger partial charge in [-0.1, -0.05) is 32.6 Å². The molecule has 0 amide bonds. The fourth-order valence-corrected chi connectivity index (χ4v) is 3.44. The van der Waals surface area contributed by atoms with Gasteiger partial charge in [-0.15, -0.1) is 6.58 Å². The zero-order chi connectivity index (χ0) is 12.3. The molecular weight excluding hydrogens is 216 g/mol. The summed E-state index contributed by atoms with van der Waals surface area (Å²) in [6.07, 6.45) is 3.44. The maximum absolute atomic E-state index is 12.2. The van der Waals surface area contributed by atoms with Crippen LogP contribution in [-0.4, -0.2) is 13.5 Å². The summed E-state index contributed by atoms with van der Waals surface area (Å²) in [6.45, 7) is 12.0. The Morgan fingerprint density at radius 2 is 2.12 bits per heavy atom. The van der Waals surface area contributed by atoms with Crippen molar-refractivity contribution in [2.75, 3.05) is 0 Å². The van der Waals surface area contributed by atoms with Crippen molar-refractivity contribution in [3.8, 4) is 0 Å². The summed E-state index contributed by atoms with van der Waals surface area (Å²) < 4.78 is 5.36. The molecule has 1 rings (SSSR count). The van der Waals surface area contributed by atoms with Crippen LogP contribution in [0.3, 0.4) is 0 Å². The molecule has 0 radical (unpaired) electrons. The molecule has 0 aliphatic heterocycles. The molecule has 1 heterocycles. The molecule has 16 heavy (non-hydrogen) atoms. The lowest BCUT2D eigenvalue weighted by atomic mass is 9.93. The minimum absolute atomic E-state index is 0.00535. The van der Waals surface area contributed by atoms with Gasteiger partial charge in [0.25, 0.3) is 0 Å². The second-order valence-electron chi connectivity index (χ2n) is 5.18. The average molecular weight is 236 g/mol. The Morgan fingerprint density at radius 1 is 1.50 bits per heavy atom. The molecule has 1 aromatic rings. The van der Waals surface area contributed by atoms with E-state index in [9.17, 15) is 4.79 Å². The molecule has 0 fully saturated rings. The van der Waals surface area contributed by atoms with E-state index in [4.69, 9.17) is 4.42 Å². The minimum Gasteiger partial charge on any atom is -0.469 e. The predicted octanol–water partition coefficient (Wildman–Crippen LogP) is 3.63. The highest BCUT2D eigenvalue weighted by atomic mass is 28.3. The minimum atomic E-state index is -1.74. The van der Waals surface area contributed by atoms with Crippen molar-refractivity contribution in [2.45, 2.75) is 32.5 Å². The Bertz CT molecular complexity index is 360. The number of hydrogen-bond donors (Lipinski definition) is 0. The topological polar surface area (TPSA) is 30.2 Å². The van der Waals surface area contributed by atoms with Crippen LogP contribution >= 0.6 is 0 Å². The summed E-state index contributed by atoms with van der Waals surface area (Å²) in [6, 6.07) is 3.75. The van der Waals surface area contributed by atoms with Crippen LogP contribution in [-0.2, 0) is 4.79 Å². The lowest BCUT2D eigenvalue weighted by molar-refractivity contribution is -0.116. The lowest BCUT2D eigenvalue weighted by Gasteiger charge is -2.24. The quantitative estimate of drug-likeness (QED) is 0.577. The Kier molecular flexibility index (Phi) is 3.91. The normalized spacial score (nSPS) is 15.5. The third kappa shape index (κ3) is 2.73. The van der Waals surface area contributed by atoms with Gasteiger partial charge in [-0.2, -0.15) is 0 Å². The summed E-state index contributed by atoms with van der Waals surface area (Å²) in [5.74, 6) is 0.777. The van der Waals surface area contributed by atoms with Gasteiger partial charge in [0.1, 0.15) is 19.2 Å². The van der Waals surface area contributed by atoms with E-state index in [1.807, 2.05) is 25.1 Å². The third-order valence-electron chi connectivity index (χ3n) is 2.82. The van der Waals surface area contributed by atoms with E-state index in [2.05, 4.69) is 26.2 Å². The standard InChI is InChI=1S/C13H20O2Si/c1-6-11(12-8-7-9-15-12)10(2)13(14)16(3,4)5/h6-11H,1H2,2-5H3/t10-,11-/m0/s1. The van der Waals surface area contributed by atoms with Crippen LogP contribution < -0.4 is 0 Å². The monoisotopic (exact) mass is 236 g/mol. The highest BCUT2D eigenvalue weighted by Crippen LogP contribution is 2.29. The van der Waals surface area contributed by atoms with Gasteiger partial charge in [-0.3, -0.25) is 0 Å². The Hall–Kier alpha value is -1.09. The number of hydrogen-bond acceptors (Lipinski definition) is 2. The highest BCUT2D eigenvalue weighted by molar-refractivity contribution is 7.03. The van der Waals surface area contributed by atoms with Gasteiger partial charge in [-0.05, 0) is 12.1 Å². The van der Waals surface area contributed by atoms with Gasteiger partial charge >= 0.3 is 0 Å². The van der Waals surface area contributed by atoms with E-state index in [0.717, 1.165) is 5.76 Å². The maximum Gasteiger partial charge on any atom is 0.124 e. The fraction of sp³-hybridized carbons (Fsp3) is 0.462. The third-order valence-corrected chi connectivity index (χ3v) is 4.75. The molecule has 0 aliphatic rings. The summed E-state index contributed by atoms with van der Waals surface area (Å²) in [4.78, 5) is 12.2. The van der Waals surface area contributed by atoms with Crippen molar-refractivity contribution < 1.29 is 9.21 Å². The molecule has 2 atom stereocenters. The molecule has 0 aliphatic carbocycles. The molecular formula is C13H20O2Si. The molecule has 88 valence electrons. The largest absolute Gasteiger partial charge is 0.469 e. The first-order valence-electron chi connectivity index (χ1n) is 5.58. The summed E-state index contributed by atoms with van der Waals surface area (Å²) >= 11 is 0. The predicted molar refractivity (Wildman–Crippen MR) is 69.2 cm³/mol. The highest BCUT2D eigenvalue weighted by Gasteiger charge is 2.33. The van der Waals surface area contributed by atoms with Crippen molar-refractivity contribution in [3.05, 3.63) is 36.8 Å². The van der Waals surface area contributed by atoms with E-state index in [1.54, 1.807) is 6.26 Å². The zero-order valence-electron chi connectivity index (χ0n) is 10.5. The molecule has 0 spiro atoms. The SMILES string of the molecule is C=C[C@H](c1ccco1)[C@H](C)C(=O)[Si](C)(C)C. The lowest BCUT2D eigenvalue weighted by Crippen LogP contribution is -2.39. The van der Waals surface area contributed by atoms with E-state index in [1.165, 1.54) is 0 Å². The molecule has 3 heteroatoms. The smallest absolute Gasteiger partial charge is 0.124 e. The van der Waals surface area contributed by atoms with Gasteiger partial charge in [-0.25, -0.2) is 0 Å².